The van der Waals surface area contributed by atoms with Crippen molar-refractivity contribution >= 4 is 11.8 Å². The van der Waals surface area contributed by atoms with Crippen molar-refractivity contribution in [1.82, 2.24) is 9.80 Å². The van der Waals surface area contributed by atoms with Crippen LogP contribution in [0.25, 0.3) is 0 Å². The second-order valence-corrected chi connectivity index (χ2v) is 5.87. The summed E-state index contributed by atoms with van der Waals surface area (Å²) in [7, 11) is 0. The number of amides is 2. The lowest BCUT2D eigenvalue weighted by molar-refractivity contribution is -0.138. The van der Waals surface area contributed by atoms with Crippen molar-refractivity contribution in [2.75, 3.05) is 26.2 Å². The Morgan fingerprint density at radius 3 is 2.60 bits per heavy atom. The van der Waals surface area contributed by atoms with Crippen LogP contribution in [0.15, 0.2) is 30.9 Å². The van der Waals surface area contributed by atoms with Crippen molar-refractivity contribution < 1.29 is 27.9 Å². The van der Waals surface area contributed by atoms with E-state index in [0.717, 1.165) is 18.2 Å². The number of benzene rings is 1. The smallest absolute Gasteiger partial charge is 0.394 e. The van der Waals surface area contributed by atoms with E-state index >= 15 is 0 Å². The van der Waals surface area contributed by atoms with Crippen molar-refractivity contribution in [2.24, 2.45) is 0 Å². The minimum atomic E-state index is -4.66. The fraction of sp³-hybridized carbons (Fsp3) is 0.412. The quantitative estimate of drug-likeness (QED) is 0.841. The number of alkyl halides is 3. The van der Waals surface area contributed by atoms with Crippen LogP contribution in [0.1, 0.15) is 21.5 Å². The molecule has 0 unspecified atom stereocenters. The number of aliphatic hydroxyl groups excluding tert-OH is 1. The van der Waals surface area contributed by atoms with E-state index in [1.807, 2.05) is 0 Å². The molecular formula is C17H19F3N2O3. The molecule has 2 amide bonds. The Bertz CT molecular complexity index is 688. The Labute approximate surface area is 143 Å². The molecule has 25 heavy (non-hydrogen) atoms. The Morgan fingerprint density at radius 1 is 1.36 bits per heavy atom. The summed E-state index contributed by atoms with van der Waals surface area (Å²) in [6.07, 6.45) is -3.54. The van der Waals surface area contributed by atoms with Gasteiger partial charge in [0.15, 0.2) is 0 Å². The first-order valence-electron chi connectivity index (χ1n) is 7.70. The number of halogens is 3. The van der Waals surface area contributed by atoms with E-state index in [2.05, 4.69) is 6.58 Å². The normalized spacial score (nSPS) is 18.2. The molecule has 0 bridgehead atoms. The molecule has 1 atom stereocenters. The molecule has 0 saturated carbocycles. The van der Waals surface area contributed by atoms with Crippen LogP contribution in [-0.2, 0) is 11.0 Å². The summed E-state index contributed by atoms with van der Waals surface area (Å²) in [5.41, 5.74) is -1.07. The zero-order chi connectivity index (χ0) is 18.8. The summed E-state index contributed by atoms with van der Waals surface area (Å²) in [6.45, 7) is 4.68. The lowest BCUT2D eigenvalue weighted by Crippen LogP contribution is -2.57. The van der Waals surface area contributed by atoms with Crippen LogP contribution in [0.5, 0.6) is 0 Å². The number of nitrogens with zero attached hydrogens (tertiary/aromatic N) is 2. The number of carbonyl (C=O) groups is 2. The highest BCUT2D eigenvalue weighted by Gasteiger charge is 2.38. The summed E-state index contributed by atoms with van der Waals surface area (Å²) in [6, 6.07) is 2.75. The maximum absolute atomic E-state index is 13.3. The molecule has 8 heteroatoms. The second kappa shape index (κ2) is 7.26. The lowest BCUT2D eigenvalue weighted by Gasteiger charge is -2.40. The monoisotopic (exact) mass is 356 g/mol. The summed E-state index contributed by atoms with van der Waals surface area (Å²) in [5.74, 6) is -1.16. The predicted molar refractivity (Wildman–Crippen MR) is 84.9 cm³/mol. The minimum absolute atomic E-state index is 0.0365. The van der Waals surface area contributed by atoms with Gasteiger partial charge in [-0.2, -0.15) is 13.2 Å². The Morgan fingerprint density at radius 2 is 2.04 bits per heavy atom. The third-order valence-corrected chi connectivity index (χ3v) is 4.15. The van der Waals surface area contributed by atoms with E-state index in [4.69, 9.17) is 0 Å². The molecular weight excluding hydrogens is 337 g/mol. The van der Waals surface area contributed by atoms with Crippen molar-refractivity contribution in [3.63, 3.8) is 0 Å². The molecule has 136 valence electrons. The predicted octanol–water partition coefficient (Wildman–Crippen LogP) is 1.85. The standard InChI is InChI=1S/C17H19F3N2O3/c1-3-15(24)21-6-7-22(12(9-21)10-23)16(25)13-5-4-11(2)8-14(13)17(18,19)20/h3-5,8,12,23H,1,6-7,9-10H2,2H3/t12-/m1/s1. The number of hydrogen-bond acceptors (Lipinski definition) is 3. The fourth-order valence-corrected chi connectivity index (χ4v) is 2.84. The summed E-state index contributed by atoms with van der Waals surface area (Å²) in [4.78, 5) is 26.9. The molecule has 1 aliphatic heterocycles. The largest absolute Gasteiger partial charge is 0.417 e. The van der Waals surface area contributed by atoms with E-state index in [0.29, 0.717) is 5.56 Å². The first-order chi connectivity index (χ1) is 11.7. The maximum atomic E-state index is 13.3. The first-order valence-corrected chi connectivity index (χ1v) is 7.70. The number of rotatable bonds is 3. The van der Waals surface area contributed by atoms with Crippen LogP contribution in [0, 0.1) is 6.92 Å². The van der Waals surface area contributed by atoms with E-state index < -0.39 is 35.9 Å². The summed E-state index contributed by atoms with van der Waals surface area (Å²) < 4.78 is 39.8. The minimum Gasteiger partial charge on any atom is -0.394 e. The third-order valence-electron chi connectivity index (χ3n) is 4.15. The van der Waals surface area contributed by atoms with Crippen LogP contribution in [0.2, 0.25) is 0 Å². The van der Waals surface area contributed by atoms with Gasteiger partial charge in [0.1, 0.15) is 0 Å². The third kappa shape index (κ3) is 4.01. The molecule has 1 saturated heterocycles. The molecule has 0 aliphatic carbocycles. The molecule has 5 nitrogen and oxygen atoms in total. The highest BCUT2D eigenvalue weighted by atomic mass is 19.4. The molecule has 1 fully saturated rings. The van der Waals surface area contributed by atoms with Crippen LogP contribution in [0.3, 0.4) is 0 Å². The molecule has 0 radical (unpaired) electrons. The van der Waals surface area contributed by atoms with Crippen molar-refractivity contribution in [3.8, 4) is 0 Å². The Hall–Kier alpha value is -2.35. The maximum Gasteiger partial charge on any atom is 0.417 e. The van der Waals surface area contributed by atoms with Gasteiger partial charge in [-0.05, 0) is 25.1 Å². The zero-order valence-electron chi connectivity index (χ0n) is 13.7. The second-order valence-electron chi connectivity index (χ2n) is 5.87. The van der Waals surface area contributed by atoms with E-state index in [1.165, 1.54) is 22.8 Å². The number of hydrogen-bond donors (Lipinski definition) is 1. The average molecular weight is 356 g/mol. The Kier molecular flexibility index (Phi) is 5.52. The van der Waals surface area contributed by atoms with Gasteiger partial charge in [-0.25, -0.2) is 0 Å². The highest BCUT2D eigenvalue weighted by Crippen LogP contribution is 2.33. The molecule has 1 aliphatic rings. The SMILES string of the molecule is C=CC(=O)N1CCN(C(=O)c2ccc(C)cc2C(F)(F)F)[C@@H](CO)C1. The number of piperazine rings is 1. The molecule has 1 N–H and O–H groups in total. The van der Waals surface area contributed by atoms with Gasteiger partial charge in [-0.3, -0.25) is 9.59 Å². The van der Waals surface area contributed by atoms with Gasteiger partial charge in [-0.1, -0.05) is 18.2 Å². The highest BCUT2D eigenvalue weighted by molar-refractivity contribution is 5.96. The number of aliphatic hydroxyl groups is 1. The summed E-state index contributed by atoms with van der Waals surface area (Å²) >= 11 is 0. The van der Waals surface area contributed by atoms with Gasteiger partial charge in [0, 0.05) is 19.6 Å². The molecule has 1 aromatic carbocycles. The van der Waals surface area contributed by atoms with Gasteiger partial charge in [-0.15, -0.1) is 0 Å². The zero-order valence-corrected chi connectivity index (χ0v) is 13.7. The topological polar surface area (TPSA) is 60.9 Å². The van der Waals surface area contributed by atoms with Gasteiger partial charge >= 0.3 is 6.18 Å². The average Bonchev–Trinajstić information content (AvgIpc) is 2.59. The van der Waals surface area contributed by atoms with E-state index in [9.17, 15) is 27.9 Å². The molecule has 1 aromatic rings. The van der Waals surface area contributed by atoms with Crippen molar-refractivity contribution in [1.29, 1.82) is 0 Å². The lowest BCUT2D eigenvalue weighted by atomic mass is 10.0. The number of aryl methyl sites for hydroxylation is 1. The Balaban J connectivity index is 2.32. The van der Waals surface area contributed by atoms with Gasteiger partial charge < -0.3 is 14.9 Å². The van der Waals surface area contributed by atoms with E-state index in [-0.39, 0.29) is 25.5 Å². The van der Waals surface area contributed by atoms with Gasteiger partial charge in [0.25, 0.3) is 5.91 Å². The van der Waals surface area contributed by atoms with Crippen LogP contribution >= 0.6 is 0 Å². The molecule has 1 heterocycles. The van der Waals surface area contributed by atoms with Gasteiger partial charge in [0.05, 0.1) is 23.8 Å². The van der Waals surface area contributed by atoms with Crippen LogP contribution < -0.4 is 0 Å². The summed E-state index contributed by atoms with van der Waals surface area (Å²) in [5, 5.41) is 9.52. The van der Waals surface area contributed by atoms with Crippen molar-refractivity contribution in [3.05, 3.63) is 47.5 Å². The van der Waals surface area contributed by atoms with Crippen LogP contribution in [0.4, 0.5) is 13.2 Å². The van der Waals surface area contributed by atoms with Crippen LogP contribution in [-0.4, -0.2) is 59.0 Å². The molecule has 0 aromatic heterocycles. The number of carbonyl (C=O) groups excluding carboxylic acids is 2. The first kappa shape index (κ1) is 19.0. The van der Waals surface area contributed by atoms with Gasteiger partial charge in [0.2, 0.25) is 5.91 Å². The van der Waals surface area contributed by atoms with Crippen molar-refractivity contribution in [2.45, 2.75) is 19.1 Å². The van der Waals surface area contributed by atoms with E-state index in [1.54, 1.807) is 0 Å². The molecule has 0 spiro atoms. The molecule has 2 rings (SSSR count). The fourth-order valence-electron chi connectivity index (χ4n) is 2.84.